The molecule has 4 nitrogen and oxygen atoms in total. The summed E-state index contributed by atoms with van der Waals surface area (Å²) < 4.78 is 0.713. The highest BCUT2D eigenvalue weighted by Gasteiger charge is 2.41. The molecule has 1 aromatic rings. The number of nitro groups is 1. The molecule has 0 radical (unpaired) electrons. The van der Waals surface area contributed by atoms with Crippen LogP contribution in [0.4, 0.5) is 5.69 Å². The first-order chi connectivity index (χ1) is 7.54. The normalized spacial score (nSPS) is 17.1. The number of aliphatic hydroxyl groups is 1. The lowest BCUT2D eigenvalue weighted by Crippen LogP contribution is -2.10. The average Bonchev–Trinajstić information content (AvgIpc) is 2.97. The fraction of sp³-hybridized carbons (Fsp3) is 0.455. The zero-order chi connectivity index (χ0) is 11.8. The molecule has 5 heteroatoms. The summed E-state index contributed by atoms with van der Waals surface area (Å²) in [4.78, 5) is 10.3. The summed E-state index contributed by atoms with van der Waals surface area (Å²) in [6, 6.07) is 4.95. The summed E-state index contributed by atoms with van der Waals surface area (Å²) in [6.45, 7) is 0.160. The van der Waals surface area contributed by atoms with Crippen LogP contribution in [0.5, 0.6) is 0 Å². The van der Waals surface area contributed by atoms with Crippen molar-refractivity contribution < 1.29 is 10.0 Å². The third-order valence-electron chi connectivity index (χ3n) is 3.02. The molecule has 1 saturated carbocycles. The number of non-ortho nitro benzene ring substituents is 1. The minimum absolute atomic E-state index is 0.0192. The third kappa shape index (κ3) is 2.41. The van der Waals surface area contributed by atoms with Gasteiger partial charge >= 0.3 is 0 Å². The minimum Gasteiger partial charge on any atom is -0.396 e. The van der Waals surface area contributed by atoms with Gasteiger partial charge in [-0.25, -0.2) is 0 Å². The monoisotopic (exact) mass is 285 g/mol. The molecule has 0 aliphatic heterocycles. The van der Waals surface area contributed by atoms with Crippen molar-refractivity contribution in [2.75, 3.05) is 6.61 Å². The zero-order valence-electron chi connectivity index (χ0n) is 8.65. The molecule has 1 aliphatic carbocycles. The first-order valence-electron chi connectivity index (χ1n) is 5.09. The number of aliphatic hydroxyl groups excluding tert-OH is 1. The van der Waals surface area contributed by atoms with Gasteiger partial charge in [0, 0.05) is 23.2 Å². The van der Waals surface area contributed by atoms with E-state index in [0.717, 1.165) is 18.4 Å². The van der Waals surface area contributed by atoms with E-state index in [2.05, 4.69) is 15.9 Å². The van der Waals surface area contributed by atoms with Crippen LogP contribution in [0.1, 0.15) is 18.4 Å². The highest BCUT2D eigenvalue weighted by molar-refractivity contribution is 9.10. The molecule has 0 spiro atoms. The molecule has 0 amide bonds. The topological polar surface area (TPSA) is 63.4 Å². The molecule has 1 aliphatic rings. The standard InChI is InChI=1S/C11H12BrNO3/c12-9-3-8(4-10(5-9)13(15)16)6-11(7-14)1-2-11/h3-5,14H,1-2,6-7H2. The lowest BCUT2D eigenvalue weighted by molar-refractivity contribution is -0.385. The Morgan fingerprint density at radius 1 is 1.44 bits per heavy atom. The second kappa shape index (κ2) is 4.14. The molecular weight excluding hydrogens is 274 g/mol. The van der Waals surface area contributed by atoms with Gasteiger partial charge in [-0.2, -0.15) is 0 Å². The van der Waals surface area contributed by atoms with Crippen LogP contribution in [0.15, 0.2) is 22.7 Å². The first-order valence-corrected chi connectivity index (χ1v) is 5.89. The van der Waals surface area contributed by atoms with Crippen LogP contribution >= 0.6 is 15.9 Å². The fourth-order valence-corrected chi connectivity index (χ4v) is 2.37. The van der Waals surface area contributed by atoms with Gasteiger partial charge in [0.2, 0.25) is 0 Å². The van der Waals surface area contributed by atoms with Crippen molar-refractivity contribution in [3.05, 3.63) is 38.3 Å². The molecule has 0 aromatic heterocycles. The molecule has 86 valence electrons. The molecule has 16 heavy (non-hydrogen) atoms. The van der Waals surface area contributed by atoms with Crippen LogP contribution in [0.25, 0.3) is 0 Å². The van der Waals surface area contributed by atoms with Gasteiger partial charge < -0.3 is 5.11 Å². The number of nitrogens with zero attached hydrogens (tertiary/aromatic N) is 1. The second-order valence-electron chi connectivity index (χ2n) is 4.41. The van der Waals surface area contributed by atoms with E-state index >= 15 is 0 Å². The van der Waals surface area contributed by atoms with Gasteiger partial charge in [-0.15, -0.1) is 0 Å². The van der Waals surface area contributed by atoms with Crippen molar-refractivity contribution in [3.63, 3.8) is 0 Å². The molecule has 1 N–H and O–H groups in total. The van der Waals surface area contributed by atoms with Gasteiger partial charge in [0.15, 0.2) is 0 Å². The molecule has 0 saturated heterocycles. The summed E-state index contributed by atoms with van der Waals surface area (Å²) in [5.74, 6) is 0. The van der Waals surface area contributed by atoms with E-state index in [0.29, 0.717) is 10.9 Å². The van der Waals surface area contributed by atoms with Crippen LogP contribution in [0, 0.1) is 15.5 Å². The fourth-order valence-electron chi connectivity index (χ4n) is 1.84. The van der Waals surface area contributed by atoms with Crippen LogP contribution < -0.4 is 0 Å². The smallest absolute Gasteiger partial charge is 0.270 e. The van der Waals surface area contributed by atoms with Gasteiger partial charge in [0.25, 0.3) is 5.69 Å². The van der Waals surface area contributed by atoms with Crippen molar-refractivity contribution in [3.8, 4) is 0 Å². The highest BCUT2D eigenvalue weighted by atomic mass is 79.9. The SMILES string of the molecule is O=[N+]([O-])c1cc(Br)cc(CC2(CO)CC2)c1. The molecule has 0 unspecified atom stereocenters. The molecule has 2 rings (SSSR count). The van der Waals surface area contributed by atoms with Crippen molar-refractivity contribution >= 4 is 21.6 Å². The van der Waals surface area contributed by atoms with Gasteiger partial charge in [-0.1, -0.05) is 15.9 Å². The first kappa shape index (κ1) is 11.5. The van der Waals surface area contributed by atoms with E-state index in [9.17, 15) is 15.2 Å². The van der Waals surface area contributed by atoms with E-state index in [4.69, 9.17) is 0 Å². The average molecular weight is 286 g/mol. The Hall–Kier alpha value is -0.940. The predicted molar refractivity (Wildman–Crippen MR) is 63.3 cm³/mol. The third-order valence-corrected chi connectivity index (χ3v) is 3.48. The Morgan fingerprint density at radius 3 is 2.62 bits per heavy atom. The van der Waals surface area contributed by atoms with Crippen molar-refractivity contribution in [1.29, 1.82) is 0 Å². The van der Waals surface area contributed by atoms with E-state index in [-0.39, 0.29) is 17.7 Å². The van der Waals surface area contributed by atoms with Crippen molar-refractivity contribution in [2.24, 2.45) is 5.41 Å². The molecule has 0 atom stereocenters. The van der Waals surface area contributed by atoms with E-state index in [1.165, 1.54) is 6.07 Å². The Labute approximate surface area is 102 Å². The summed E-state index contributed by atoms with van der Waals surface area (Å²) in [5.41, 5.74) is 0.986. The highest BCUT2D eigenvalue weighted by Crippen LogP contribution is 2.48. The Morgan fingerprint density at radius 2 is 2.12 bits per heavy atom. The van der Waals surface area contributed by atoms with Gasteiger partial charge in [-0.3, -0.25) is 10.1 Å². The van der Waals surface area contributed by atoms with E-state index in [1.54, 1.807) is 6.07 Å². The van der Waals surface area contributed by atoms with Crippen LogP contribution in [0.3, 0.4) is 0 Å². The van der Waals surface area contributed by atoms with Gasteiger partial charge in [0.1, 0.15) is 0 Å². The maximum Gasteiger partial charge on any atom is 0.270 e. The largest absolute Gasteiger partial charge is 0.396 e. The van der Waals surface area contributed by atoms with Gasteiger partial charge in [0.05, 0.1) is 4.92 Å². The van der Waals surface area contributed by atoms with Crippen LogP contribution in [-0.4, -0.2) is 16.6 Å². The quantitative estimate of drug-likeness (QED) is 0.683. The lowest BCUT2D eigenvalue weighted by atomic mass is 9.97. The molecular formula is C11H12BrNO3. The minimum atomic E-state index is -0.396. The number of hydrogen-bond donors (Lipinski definition) is 1. The molecule has 1 fully saturated rings. The van der Waals surface area contributed by atoms with Crippen LogP contribution in [0.2, 0.25) is 0 Å². The maximum atomic E-state index is 10.7. The number of nitro benzene ring substituents is 1. The Balaban J connectivity index is 2.24. The maximum absolute atomic E-state index is 10.7. The van der Waals surface area contributed by atoms with Crippen molar-refractivity contribution in [2.45, 2.75) is 19.3 Å². The lowest BCUT2D eigenvalue weighted by Gasteiger charge is -2.11. The summed E-state index contributed by atoms with van der Waals surface area (Å²) in [7, 11) is 0. The summed E-state index contributed by atoms with van der Waals surface area (Å²) in [5, 5.41) is 19.9. The molecule has 0 heterocycles. The van der Waals surface area contributed by atoms with Crippen LogP contribution in [-0.2, 0) is 6.42 Å². The number of halogens is 1. The number of rotatable bonds is 4. The van der Waals surface area contributed by atoms with E-state index < -0.39 is 4.92 Å². The Bertz CT molecular complexity index is 429. The molecule has 0 bridgehead atoms. The summed E-state index contributed by atoms with van der Waals surface area (Å²) in [6.07, 6.45) is 2.72. The number of hydrogen-bond acceptors (Lipinski definition) is 3. The van der Waals surface area contributed by atoms with Gasteiger partial charge in [-0.05, 0) is 36.3 Å². The zero-order valence-corrected chi connectivity index (χ0v) is 10.2. The Kier molecular flexibility index (Phi) is 2.99. The number of benzene rings is 1. The second-order valence-corrected chi connectivity index (χ2v) is 5.33. The van der Waals surface area contributed by atoms with Crippen molar-refractivity contribution in [1.82, 2.24) is 0 Å². The summed E-state index contributed by atoms with van der Waals surface area (Å²) >= 11 is 3.26. The van der Waals surface area contributed by atoms with E-state index in [1.807, 2.05) is 6.07 Å². The predicted octanol–water partition coefficient (Wildman–Crippen LogP) is 2.67. The molecule has 1 aromatic carbocycles.